The molecular formula is C16H15ClOS. The van der Waals surface area contributed by atoms with Crippen LogP contribution in [0.3, 0.4) is 0 Å². The van der Waals surface area contributed by atoms with E-state index in [1.807, 2.05) is 42.5 Å². The van der Waals surface area contributed by atoms with E-state index in [-0.39, 0.29) is 5.78 Å². The van der Waals surface area contributed by atoms with Crippen molar-refractivity contribution in [3.8, 4) is 0 Å². The van der Waals surface area contributed by atoms with Crippen molar-refractivity contribution in [2.75, 3.05) is 5.75 Å². The largest absolute Gasteiger partial charge is 0.298 e. The zero-order valence-electron chi connectivity index (χ0n) is 10.7. The molecule has 19 heavy (non-hydrogen) atoms. The van der Waals surface area contributed by atoms with Gasteiger partial charge in [0.05, 0.1) is 5.75 Å². The average Bonchev–Trinajstić information content (AvgIpc) is 2.40. The fraction of sp³-hybridized carbons (Fsp3) is 0.188. The molecule has 0 unspecified atom stereocenters. The van der Waals surface area contributed by atoms with Crippen molar-refractivity contribution in [3.05, 3.63) is 64.7 Å². The summed E-state index contributed by atoms with van der Waals surface area (Å²) in [7, 11) is 0. The zero-order chi connectivity index (χ0) is 13.7. The highest BCUT2D eigenvalue weighted by molar-refractivity contribution is 8.00. The lowest BCUT2D eigenvalue weighted by atomic mass is 10.1. The molecule has 2 rings (SSSR count). The Balaban J connectivity index is 1.92. The van der Waals surface area contributed by atoms with Crippen molar-refractivity contribution >= 4 is 29.1 Å². The van der Waals surface area contributed by atoms with E-state index in [9.17, 15) is 4.79 Å². The molecule has 0 saturated heterocycles. The Morgan fingerprint density at radius 1 is 1.11 bits per heavy atom. The van der Waals surface area contributed by atoms with Crippen LogP contribution in [-0.4, -0.2) is 11.5 Å². The second-order valence-corrected chi connectivity index (χ2v) is 5.79. The molecule has 0 aliphatic carbocycles. The molecule has 2 aromatic carbocycles. The fourth-order valence-corrected chi connectivity index (χ4v) is 2.87. The van der Waals surface area contributed by atoms with E-state index in [4.69, 9.17) is 11.6 Å². The van der Waals surface area contributed by atoms with E-state index in [0.717, 1.165) is 10.5 Å². The summed E-state index contributed by atoms with van der Waals surface area (Å²) in [4.78, 5) is 13.1. The first-order valence-corrected chi connectivity index (χ1v) is 7.46. The minimum atomic E-state index is 0.196. The van der Waals surface area contributed by atoms with Crippen molar-refractivity contribution in [1.29, 1.82) is 0 Å². The van der Waals surface area contributed by atoms with Gasteiger partial charge >= 0.3 is 0 Å². The van der Waals surface area contributed by atoms with E-state index >= 15 is 0 Å². The molecule has 0 fully saturated rings. The maximum absolute atomic E-state index is 12.0. The van der Waals surface area contributed by atoms with Crippen LogP contribution in [0.25, 0.3) is 0 Å². The third kappa shape index (κ3) is 4.12. The summed E-state index contributed by atoms with van der Waals surface area (Å²) in [5.74, 6) is 0.678. The molecule has 0 heterocycles. The molecule has 2 aromatic rings. The fourth-order valence-electron chi connectivity index (χ4n) is 1.78. The molecule has 98 valence electrons. The Labute approximate surface area is 123 Å². The maximum atomic E-state index is 12.0. The molecule has 0 radical (unpaired) electrons. The number of thioether (sulfide) groups is 1. The van der Waals surface area contributed by atoms with Gasteiger partial charge in [0.25, 0.3) is 0 Å². The molecule has 3 heteroatoms. The molecule has 0 aromatic heterocycles. The molecule has 0 aliphatic rings. The Morgan fingerprint density at radius 3 is 2.53 bits per heavy atom. The maximum Gasteiger partial charge on any atom is 0.147 e. The van der Waals surface area contributed by atoms with Crippen LogP contribution in [0.5, 0.6) is 0 Å². The summed E-state index contributed by atoms with van der Waals surface area (Å²) in [5.41, 5.74) is 2.11. The number of ketones is 1. The monoisotopic (exact) mass is 290 g/mol. The van der Waals surface area contributed by atoms with Crippen molar-refractivity contribution in [2.45, 2.75) is 18.2 Å². The van der Waals surface area contributed by atoms with Crippen LogP contribution < -0.4 is 0 Å². The van der Waals surface area contributed by atoms with Gasteiger partial charge in [-0.2, -0.15) is 0 Å². The molecule has 0 bridgehead atoms. The highest BCUT2D eigenvalue weighted by Crippen LogP contribution is 2.23. The highest BCUT2D eigenvalue weighted by atomic mass is 35.5. The van der Waals surface area contributed by atoms with Gasteiger partial charge in [0.2, 0.25) is 0 Å². The molecule has 0 aliphatic heterocycles. The number of benzene rings is 2. The van der Waals surface area contributed by atoms with Gasteiger partial charge in [-0.15, -0.1) is 11.8 Å². The third-order valence-electron chi connectivity index (χ3n) is 2.83. The van der Waals surface area contributed by atoms with Gasteiger partial charge in [-0.25, -0.2) is 0 Å². The second kappa shape index (κ2) is 6.78. The van der Waals surface area contributed by atoms with Gasteiger partial charge in [-0.1, -0.05) is 48.0 Å². The van der Waals surface area contributed by atoms with E-state index < -0.39 is 0 Å². The molecule has 0 saturated carbocycles. The summed E-state index contributed by atoms with van der Waals surface area (Å²) in [6, 6.07) is 15.6. The Morgan fingerprint density at radius 2 is 1.79 bits per heavy atom. The van der Waals surface area contributed by atoms with E-state index in [0.29, 0.717) is 17.2 Å². The van der Waals surface area contributed by atoms with Crippen LogP contribution in [0.15, 0.2) is 53.4 Å². The molecule has 0 atom stereocenters. The number of Topliss-reactive ketones (excluding diaryl/α,β-unsaturated/α-hetero) is 1. The first-order valence-electron chi connectivity index (χ1n) is 6.10. The molecule has 0 spiro atoms. The standard InChI is InChI=1S/C16H15ClOS/c1-12-6-2-5-9-16(12)19-11-14(18)10-13-7-3-4-8-15(13)17/h2-9H,10-11H2,1H3. The molecule has 0 amide bonds. The van der Waals surface area contributed by atoms with Gasteiger partial charge in [0.15, 0.2) is 0 Å². The smallest absolute Gasteiger partial charge is 0.147 e. The molecular weight excluding hydrogens is 276 g/mol. The number of aryl methyl sites for hydroxylation is 1. The average molecular weight is 291 g/mol. The van der Waals surface area contributed by atoms with E-state index in [1.165, 1.54) is 5.56 Å². The van der Waals surface area contributed by atoms with Gasteiger partial charge in [-0.05, 0) is 30.2 Å². The third-order valence-corrected chi connectivity index (χ3v) is 4.43. The van der Waals surface area contributed by atoms with Crippen LogP contribution in [-0.2, 0) is 11.2 Å². The predicted molar refractivity (Wildman–Crippen MR) is 82.1 cm³/mol. The van der Waals surface area contributed by atoms with Crippen LogP contribution in [0.2, 0.25) is 5.02 Å². The van der Waals surface area contributed by atoms with Gasteiger partial charge < -0.3 is 0 Å². The number of carbonyl (C=O) groups is 1. The topological polar surface area (TPSA) is 17.1 Å². The van der Waals surface area contributed by atoms with Crippen LogP contribution in [0, 0.1) is 6.92 Å². The van der Waals surface area contributed by atoms with Gasteiger partial charge in [0, 0.05) is 16.3 Å². The SMILES string of the molecule is Cc1ccccc1SCC(=O)Cc1ccccc1Cl. The van der Waals surface area contributed by atoms with E-state index in [2.05, 4.69) is 13.0 Å². The highest BCUT2D eigenvalue weighted by Gasteiger charge is 2.08. The van der Waals surface area contributed by atoms with Crippen molar-refractivity contribution < 1.29 is 4.79 Å². The lowest BCUT2D eigenvalue weighted by Crippen LogP contribution is -2.06. The zero-order valence-corrected chi connectivity index (χ0v) is 12.3. The van der Waals surface area contributed by atoms with Crippen molar-refractivity contribution in [1.82, 2.24) is 0 Å². The number of carbonyl (C=O) groups excluding carboxylic acids is 1. The Bertz CT molecular complexity index is 580. The van der Waals surface area contributed by atoms with Crippen LogP contribution in [0.4, 0.5) is 0 Å². The van der Waals surface area contributed by atoms with Gasteiger partial charge in [0.1, 0.15) is 5.78 Å². The predicted octanol–water partition coefficient (Wildman–Crippen LogP) is 4.55. The Hall–Kier alpha value is -1.25. The summed E-state index contributed by atoms with van der Waals surface area (Å²) in [6.45, 7) is 2.06. The minimum absolute atomic E-state index is 0.196. The summed E-state index contributed by atoms with van der Waals surface area (Å²) < 4.78 is 0. The first kappa shape index (κ1) is 14.2. The molecule has 1 nitrogen and oxygen atoms in total. The van der Waals surface area contributed by atoms with Crippen LogP contribution >= 0.6 is 23.4 Å². The quantitative estimate of drug-likeness (QED) is 0.751. The molecule has 0 N–H and O–H groups in total. The number of halogens is 1. The summed E-state index contributed by atoms with van der Waals surface area (Å²) >= 11 is 7.64. The van der Waals surface area contributed by atoms with Crippen molar-refractivity contribution in [2.24, 2.45) is 0 Å². The number of rotatable bonds is 5. The van der Waals surface area contributed by atoms with Crippen molar-refractivity contribution in [3.63, 3.8) is 0 Å². The number of hydrogen-bond donors (Lipinski definition) is 0. The normalized spacial score (nSPS) is 10.4. The minimum Gasteiger partial charge on any atom is -0.298 e. The second-order valence-electron chi connectivity index (χ2n) is 4.36. The summed E-state index contributed by atoms with van der Waals surface area (Å²) in [5, 5.41) is 0.664. The first-order chi connectivity index (χ1) is 9.16. The van der Waals surface area contributed by atoms with Crippen LogP contribution in [0.1, 0.15) is 11.1 Å². The Kier molecular flexibility index (Phi) is 5.06. The lowest BCUT2D eigenvalue weighted by Gasteiger charge is -2.05. The number of hydrogen-bond acceptors (Lipinski definition) is 2. The van der Waals surface area contributed by atoms with E-state index in [1.54, 1.807) is 11.8 Å². The summed E-state index contributed by atoms with van der Waals surface area (Å²) in [6.07, 6.45) is 0.401. The lowest BCUT2D eigenvalue weighted by molar-refractivity contribution is -0.116. The van der Waals surface area contributed by atoms with Gasteiger partial charge in [-0.3, -0.25) is 4.79 Å².